The normalized spacial score (nSPS) is 17.0. The maximum atomic E-state index is 12.5. The molecule has 1 amide bonds. The third-order valence-corrected chi connectivity index (χ3v) is 4.35. The maximum absolute atomic E-state index is 12.5. The van der Waals surface area contributed by atoms with Gasteiger partial charge in [-0.25, -0.2) is 4.79 Å². The monoisotopic (exact) mass is 375 g/mol. The summed E-state index contributed by atoms with van der Waals surface area (Å²) in [5.41, 5.74) is 6.45. The highest BCUT2D eigenvalue weighted by atomic mass is 16.6. The molecule has 1 unspecified atom stereocenters. The molecule has 0 saturated carbocycles. The first-order valence-corrected chi connectivity index (χ1v) is 8.19. The van der Waals surface area contributed by atoms with Crippen LogP contribution in [0.1, 0.15) is 25.3 Å². The number of hydrogen-bond acceptors (Lipinski definition) is 7. The van der Waals surface area contributed by atoms with Crippen LogP contribution < -0.4 is 5.73 Å². The van der Waals surface area contributed by atoms with Crippen molar-refractivity contribution in [3.63, 3.8) is 0 Å². The number of para-hydroxylation sites is 1. The van der Waals surface area contributed by atoms with Gasteiger partial charge in [0.05, 0.1) is 29.2 Å². The van der Waals surface area contributed by atoms with Crippen LogP contribution in [0.5, 0.6) is 0 Å². The molecule has 0 bridgehead atoms. The van der Waals surface area contributed by atoms with Gasteiger partial charge < -0.3 is 15.2 Å². The number of benzene rings is 1. The zero-order chi connectivity index (χ0) is 20.1. The zero-order valence-corrected chi connectivity index (χ0v) is 15.3. The number of esters is 1. The fourth-order valence-electron chi connectivity index (χ4n) is 3.13. The third-order valence-electron chi connectivity index (χ3n) is 4.35. The van der Waals surface area contributed by atoms with E-state index >= 15 is 0 Å². The van der Waals surface area contributed by atoms with E-state index in [-0.39, 0.29) is 35.7 Å². The minimum Gasteiger partial charge on any atom is -0.494 e. The molecule has 27 heavy (non-hydrogen) atoms. The summed E-state index contributed by atoms with van der Waals surface area (Å²) in [5, 5.41) is 11.5. The van der Waals surface area contributed by atoms with Gasteiger partial charge in [-0.15, -0.1) is 0 Å². The lowest BCUT2D eigenvalue weighted by atomic mass is 9.83. The van der Waals surface area contributed by atoms with Gasteiger partial charge in [0.1, 0.15) is 12.4 Å². The van der Waals surface area contributed by atoms with E-state index in [1.54, 1.807) is 26.0 Å². The van der Waals surface area contributed by atoms with Crippen molar-refractivity contribution in [2.75, 3.05) is 20.3 Å². The van der Waals surface area contributed by atoms with E-state index in [1.165, 1.54) is 24.1 Å². The van der Waals surface area contributed by atoms with Crippen molar-refractivity contribution in [1.82, 2.24) is 4.90 Å². The summed E-state index contributed by atoms with van der Waals surface area (Å²) in [6, 6.07) is 6.07. The van der Waals surface area contributed by atoms with Crippen LogP contribution in [0.15, 0.2) is 47.0 Å². The second kappa shape index (κ2) is 8.45. The molecule has 0 aliphatic carbocycles. The molecular formula is C18H21N3O6. The maximum Gasteiger partial charge on any atom is 0.336 e. The van der Waals surface area contributed by atoms with Gasteiger partial charge in [0.15, 0.2) is 0 Å². The molecule has 1 atom stereocenters. The lowest BCUT2D eigenvalue weighted by molar-refractivity contribution is -0.385. The molecule has 2 N–H and O–H groups in total. The standard InChI is InChI=1S/C18H21N3O6/c1-11-15(18(23)26-3)16(13-6-4-5-7-14(13)21(24)25)17(27-9-8-19)12(2)20(11)10-22/h4-7,10,16H,8-9,19H2,1-3H3. The number of methoxy groups -OCH3 is 1. The quantitative estimate of drug-likeness (QED) is 0.333. The molecule has 2 rings (SSSR count). The Kier molecular flexibility index (Phi) is 6.30. The molecule has 0 saturated heterocycles. The summed E-state index contributed by atoms with van der Waals surface area (Å²) in [6.45, 7) is 3.52. The first-order chi connectivity index (χ1) is 12.9. The first-order valence-electron chi connectivity index (χ1n) is 8.19. The summed E-state index contributed by atoms with van der Waals surface area (Å²) in [7, 11) is 1.20. The van der Waals surface area contributed by atoms with Crippen molar-refractivity contribution < 1.29 is 24.0 Å². The van der Waals surface area contributed by atoms with Crippen LogP contribution in [0.25, 0.3) is 0 Å². The molecule has 1 aliphatic rings. The molecular weight excluding hydrogens is 354 g/mol. The Morgan fingerprint density at radius 3 is 2.56 bits per heavy atom. The Hall–Kier alpha value is -3.20. The number of nitrogens with zero attached hydrogens (tertiary/aromatic N) is 2. The number of nitrogens with two attached hydrogens (primary N) is 1. The number of carbonyl (C=O) groups is 2. The Morgan fingerprint density at radius 2 is 2.00 bits per heavy atom. The van der Waals surface area contributed by atoms with Crippen LogP contribution in [-0.4, -0.2) is 42.5 Å². The number of rotatable bonds is 7. The molecule has 144 valence electrons. The van der Waals surface area contributed by atoms with Gasteiger partial charge in [-0.3, -0.25) is 19.8 Å². The molecule has 1 aliphatic heterocycles. The number of ether oxygens (including phenoxy) is 2. The Bertz CT molecular complexity index is 830. The predicted octanol–water partition coefficient (Wildman–Crippen LogP) is 1.80. The summed E-state index contributed by atoms with van der Waals surface area (Å²) >= 11 is 0. The highest BCUT2D eigenvalue weighted by Gasteiger charge is 2.40. The second-order valence-corrected chi connectivity index (χ2v) is 5.80. The van der Waals surface area contributed by atoms with Crippen LogP contribution in [0.3, 0.4) is 0 Å². The fraction of sp³-hybridized carbons (Fsp3) is 0.333. The molecule has 9 heteroatoms. The average molecular weight is 375 g/mol. The second-order valence-electron chi connectivity index (χ2n) is 5.80. The number of nitro benzene ring substituents is 1. The number of nitro groups is 1. The van der Waals surface area contributed by atoms with Crippen LogP contribution in [0.4, 0.5) is 5.69 Å². The lowest BCUT2D eigenvalue weighted by Crippen LogP contribution is -2.33. The molecule has 1 heterocycles. The van der Waals surface area contributed by atoms with Gasteiger partial charge in [0, 0.05) is 23.9 Å². The average Bonchev–Trinajstić information content (AvgIpc) is 2.66. The van der Waals surface area contributed by atoms with Crippen LogP contribution >= 0.6 is 0 Å². The zero-order valence-electron chi connectivity index (χ0n) is 15.3. The Morgan fingerprint density at radius 1 is 1.33 bits per heavy atom. The summed E-state index contributed by atoms with van der Waals surface area (Å²) in [6.07, 6.45) is 0.551. The van der Waals surface area contributed by atoms with Crippen molar-refractivity contribution in [3.8, 4) is 0 Å². The van der Waals surface area contributed by atoms with E-state index in [2.05, 4.69) is 0 Å². The van der Waals surface area contributed by atoms with Gasteiger partial charge in [-0.05, 0) is 13.8 Å². The van der Waals surface area contributed by atoms with E-state index in [0.29, 0.717) is 17.8 Å². The smallest absolute Gasteiger partial charge is 0.336 e. The van der Waals surface area contributed by atoms with Gasteiger partial charge >= 0.3 is 5.97 Å². The predicted molar refractivity (Wildman–Crippen MR) is 96.2 cm³/mol. The van der Waals surface area contributed by atoms with Crippen molar-refractivity contribution >= 4 is 18.1 Å². The van der Waals surface area contributed by atoms with Gasteiger partial charge in [0.2, 0.25) is 6.41 Å². The number of amides is 1. The van der Waals surface area contributed by atoms with E-state index in [1.807, 2.05) is 0 Å². The number of allylic oxidation sites excluding steroid dienone is 3. The van der Waals surface area contributed by atoms with Crippen LogP contribution in [-0.2, 0) is 19.1 Å². The SMILES string of the molecule is COC(=O)C1=C(C)N(C=O)C(C)=C(OCCN)C1c1ccccc1[N+](=O)[O-]. The molecule has 0 spiro atoms. The van der Waals surface area contributed by atoms with Crippen molar-refractivity contribution in [2.45, 2.75) is 19.8 Å². The summed E-state index contributed by atoms with van der Waals surface area (Å²) < 4.78 is 10.6. The Balaban J connectivity index is 2.80. The fourth-order valence-corrected chi connectivity index (χ4v) is 3.13. The van der Waals surface area contributed by atoms with E-state index in [9.17, 15) is 19.7 Å². The van der Waals surface area contributed by atoms with Crippen molar-refractivity contribution in [1.29, 1.82) is 0 Å². The molecule has 0 fully saturated rings. The van der Waals surface area contributed by atoms with E-state index < -0.39 is 16.8 Å². The molecule has 0 aromatic heterocycles. The topological polar surface area (TPSA) is 125 Å². The highest BCUT2D eigenvalue weighted by Crippen LogP contribution is 2.44. The summed E-state index contributed by atoms with van der Waals surface area (Å²) in [4.78, 5) is 36.4. The van der Waals surface area contributed by atoms with E-state index in [0.717, 1.165) is 0 Å². The molecule has 1 aromatic rings. The molecule has 9 nitrogen and oxygen atoms in total. The van der Waals surface area contributed by atoms with Gasteiger partial charge in [0.25, 0.3) is 5.69 Å². The lowest BCUT2D eigenvalue weighted by Gasteiger charge is -2.34. The van der Waals surface area contributed by atoms with Crippen molar-refractivity contribution in [2.24, 2.45) is 5.73 Å². The van der Waals surface area contributed by atoms with Crippen LogP contribution in [0.2, 0.25) is 0 Å². The largest absolute Gasteiger partial charge is 0.494 e. The van der Waals surface area contributed by atoms with Gasteiger partial charge in [-0.1, -0.05) is 18.2 Å². The minimum atomic E-state index is -0.901. The Labute approximate surface area is 156 Å². The third kappa shape index (κ3) is 3.68. The van der Waals surface area contributed by atoms with Gasteiger partial charge in [-0.2, -0.15) is 0 Å². The van der Waals surface area contributed by atoms with Crippen molar-refractivity contribution in [3.05, 3.63) is 62.7 Å². The number of carbonyl (C=O) groups excluding carboxylic acids is 2. The molecule has 0 radical (unpaired) electrons. The van der Waals surface area contributed by atoms with Crippen LogP contribution in [0, 0.1) is 10.1 Å². The highest BCUT2D eigenvalue weighted by molar-refractivity contribution is 5.93. The minimum absolute atomic E-state index is 0.0940. The summed E-state index contributed by atoms with van der Waals surface area (Å²) in [5.74, 6) is -1.36. The van der Waals surface area contributed by atoms with E-state index in [4.69, 9.17) is 15.2 Å². The first kappa shape index (κ1) is 20.1. The molecule has 1 aromatic carbocycles. The number of hydrogen-bond donors (Lipinski definition) is 1.